The fourth-order valence-electron chi connectivity index (χ4n) is 2.25. The van der Waals surface area contributed by atoms with E-state index in [1.165, 1.54) is 0 Å². The van der Waals surface area contributed by atoms with Crippen LogP contribution in [0, 0.1) is 11.8 Å². The van der Waals surface area contributed by atoms with Crippen molar-refractivity contribution in [3.63, 3.8) is 0 Å². The third kappa shape index (κ3) is 3.37. The highest BCUT2D eigenvalue weighted by molar-refractivity contribution is 5.68. The van der Waals surface area contributed by atoms with Crippen LogP contribution in [0.15, 0.2) is 0 Å². The van der Waals surface area contributed by atoms with E-state index >= 15 is 0 Å². The minimum absolute atomic E-state index is 0.0146. The van der Waals surface area contributed by atoms with Gasteiger partial charge in [-0.2, -0.15) is 0 Å². The SMILES string of the molecule is CCC#C[C@H]1C[C@H](OC(=O)N2CCCC2)CN1. The molecule has 0 aromatic rings. The summed E-state index contributed by atoms with van der Waals surface area (Å²) in [5, 5.41) is 3.27. The molecule has 0 saturated carbocycles. The summed E-state index contributed by atoms with van der Waals surface area (Å²) < 4.78 is 5.46. The van der Waals surface area contributed by atoms with Gasteiger partial charge in [0, 0.05) is 32.5 Å². The van der Waals surface area contributed by atoms with Crippen LogP contribution in [0.1, 0.15) is 32.6 Å². The molecule has 17 heavy (non-hydrogen) atoms. The molecule has 2 rings (SSSR count). The van der Waals surface area contributed by atoms with E-state index in [0.717, 1.165) is 45.3 Å². The topological polar surface area (TPSA) is 41.6 Å². The number of hydrogen-bond donors (Lipinski definition) is 1. The molecule has 2 heterocycles. The van der Waals surface area contributed by atoms with Crippen LogP contribution in [0.25, 0.3) is 0 Å². The predicted octanol–water partition coefficient (Wildman–Crippen LogP) is 1.36. The number of carbonyl (C=O) groups excluding carboxylic acids is 1. The quantitative estimate of drug-likeness (QED) is 0.699. The van der Waals surface area contributed by atoms with Crippen LogP contribution in [0.4, 0.5) is 4.79 Å². The van der Waals surface area contributed by atoms with Gasteiger partial charge in [-0.3, -0.25) is 5.32 Å². The third-order valence-electron chi connectivity index (χ3n) is 3.18. The van der Waals surface area contributed by atoms with Crippen molar-refractivity contribution in [3.05, 3.63) is 0 Å². The standard InChI is InChI=1S/C13H20N2O2/c1-2-3-6-11-9-12(10-14-11)17-13(16)15-7-4-5-8-15/h11-12,14H,2,4-5,7-10H2,1H3/t11-,12-/m0/s1. The Labute approximate surface area is 103 Å². The zero-order valence-electron chi connectivity index (χ0n) is 10.4. The Balaban J connectivity index is 1.75. The van der Waals surface area contributed by atoms with Gasteiger partial charge in [0.2, 0.25) is 0 Å². The van der Waals surface area contributed by atoms with E-state index < -0.39 is 0 Å². The Morgan fingerprint density at radius 3 is 2.94 bits per heavy atom. The summed E-state index contributed by atoms with van der Waals surface area (Å²) in [6.45, 7) is 4.45. The smallest absolute Gasteiger partial charge is 0.410 e. The average molecular weight is 236 g/mol. The van der Waals surface area contributed by atoms with Gasteiger partial charge in [-0.25, -0.2) is 4.79 Å². The summed E-state index contributed by atoms with van der Waals surface area (Å²) in [5.74, 6) is 6.19. The molecule has 0 bridgehead atoms. The van der Waals surface area contributed by atoms with Crippen molar-refractivity contribution in [1.29, 1.82) is 0 Å². The Hall–Kier alpha value is -1.21. The van der Waals surface area contributed by atoms with Gasteiger partial charge in [0.15, 0.2) is 0 Å². The van der Waals surface area contributed by atoms with Crippen molar-refractivity contribution in [1.82, 2.24) is 10.2 Å². The molecule has 1 amide bonds. The molecule has 0 aromatic carbocycles. The fraction of sp³-hybridized carbons (Fsp3) is 0.769. The summed E-state index contributed by atoms with van der Waals surface area (Å²) in [5.41, 5.74) is 0. The third-order valence-corrected chi connectivity index (χ3v) is 3.18. The summed E-state index contributed by atoms with van der Waals surface area (Å²) >= 11 is 0. The van der Waals surface area contributed by atoms with E-state index in [1.54, 1.807) is 4.90 Å². The van der Waals surface area contributed by atoms with Gasteiger partial charge in [-0.15, -0.1) is 5.92 Å². The summed E-state index contributed by atoms with van der Waals surface area (Å²) in [6.07, 6.45) is 3.71. The number of carbonyl (C=O) groups is 1. The average Bonchev–Trinajstić information content (AvgIpc) is 2.97. The molecule has 0 unspecified atom stereocenters. The molecule has 4 nitrogen and oxygen atoms in total. The minimum Gasteiger partial charge on any atom is -0.445 e. The van der Waals surface area contributed by atoms with Crippen LogP contribution in [0.5, 0.6) is 0 Å². The number of likely N-dealkylation sites (tertiary alicyclic amines) is 1. The first-order valence-electron chi connectivity index (χ1n) is 6.47. The molecule has 4 heteroatoms. The second-order valence-electron chi connectivity index (χ2n) is 4.57. The predicted molar refractivity (Wildman–Crippen MR) is 65.6 cm³/mol. The first-order valence-corrected chi connectivity index (χ1v) is 6.47. The Morgan fingerprint density at radius 1 is 1.47 bits per heavy atom. The van der Waals surface area contributed by atoms with E-state index in [4.69, 9.17) is 4.74 Å². The molecule has 94 valence electrons. The number of ether oxygens (including phenoxy) is 1. The van der Waals surface area contributed by atoms with Crippen LogP contribution in [0.3, 0.4) is 0 Å². The largest absolute Gasteiger partial charge is 0.445 e. The molecule has 2 atom stereocenters. The minimum atomic E-state index is -0.154. The van der Waals surface area contributed by atoms with Crippen LogP contribution >= 0.6 is 0 Å². The van der Waals surface area contributed by atoms with Gasteiger partial charge >= 0.3 is 6.09 Å². The van der Waals surface area contributed by atoms with Gasteiger partial charge in [0.05, 0.1) is 6.04 Å². The van der Waals surface area contributed by atoms with E-state index in [0.29, 0.717) is 0 Å². The van der Waals surface area contributed by atoms with Crippen LogP contribution in [-0.2, 0) is 4.74 Å². The number of hydrogen-bond acceptors (Lipinski definition) is 3. The normalized spacial score (nSPS) is 27.7. The Bertz CT molecular complexity index is 326. The fourth-order valence-corrected chi connectivity index (χ4v) is 2.25. The van der Waals surface area contributed by atoms with Crippen molar-refractivity contribution < 1.29 is 9.53 Å². The molecule has 0 radical (unpaired) electrons. The number of nitrogens with one attached hydrogen (secondary N) is 1. The first kappa shape index (κ1) is 12.3. The van der Waals surface area contributed by atoms with E-state index in [-0.39, 0.29) is 18.2 Å². The highest BCUT2D eigenvalue weighted by atomic mass is 16.6. The maximum absolute atomic E-state index is 11.8. The zero-order chi connectivity index (χ0) is 12.1. The first-order chi connectivity index (χ1) is 8.29. The van der Waals surface area contributed by atoms with Crippen LogP contribution < -0.4 is 5.32 Å². The van der Waals surface area contributed by atoms with Gasteiger partial charge < -0.3 is 9.64 Å². The molecule has 0 spiro atoms. The molecule has 2 aliphatic rings. The second-order valence-corrected chi connectivity index (χ2v) is 4.57. The summed E-state index contributed by atoms with van der Waals surface area (Å²) in [4.78, 5) is 13.6. The number of rotatable bonds is 1. The van der Waals surface area contributed by atoms with Crippen molar-refractivity contribution in [2.75, 3.05) is 19.6 Å². The van der Waals surface area contributed by atoms with Gasteiger partial charge in [-0.1, -0.05) is 12.8 Å². The molecular weight excluding hydrogens is 216 g/mol. The van der Waals surface area contributed by atoms with E-state index in [2.05, 4.69) is 17.2 Å². The Morgan fingerprint density at radius 2 is 2.24 bits per heavy atom. The van der Waals surface area contributed by atoms with Crippen LogP contribution in [0.2, 0.25) is 0 Å². The summed E-state index contributed by atoms with van der Waals surface area (Å²) in [6, 6.07) is 0.186. The lowest BCUT2D eigenvalue weighted by atomic mass is 10.2. The number of nitrogens with zero attached hydrogens (tertiary/aromatic N) is 1. The zero-order valence-corrected chi connectivity index (χ0v) is 10.4. The lowest BCUT2D eigenvalue weighted by Crippen LogP contribution is -2.32. The lowest BCUT2D eigenvalue weighted by Gasteiger charge is -2.18. The van der Waals surface area contributed by atoms with E-state index in [1.807, 2.05) is 6.92 Å². The monoisotopic (exact) mass is 236 g/mol. The number of amides is 1. The lowest BCUT2D eigenvalue weighted by molar-refractivity contribution is 0.0763. The molecule has 2 aliphatic heterocycles. The Kier molecular flexibility index (Phi) is 4.27. The highest BCUT2D eigenvalue weighted by Crippen LogP contribution is 2.14. The highest BCUT2D eigenvalue weighted by Gasteiger charge is 2.28. The van der Waals surface area contributed by atoms with Crippen molar-refractivity contribution in [3.8, 4) is 11.8 Å². The van der Waals surface area contributed by atoms with Crippen molar-refractivity contribution >= 4 is 6.09 Å². The second kappa shape index (κ2) is 5.92. The molecule has 2 fully saturated rings. The van der Waals surface area contributed by atoms with Gasteiger partial charge in [0.1, 0.15) is 6.10 Å². The molecule has 1 N–H and O–H groups in total. The van der Waals surface area contributed by atoms with Gasteiger partial charge in [0.25, 0.3) is 0 Å². The molecule has 0 aromatic heterocycles. The molecule has 2 saturated heterocycles. The van der Waals surface area contributed by atoms with Crippen LogP contribution in [-0.4, -0.2) is 42.8 Å². The van der Waals surface area contributed by atoms with Crippen molar-refractivity contribution in [2.24, 2.45) is 0 Å². The molecule has 0 aliphatic carbocycles. The van der Waals surface area contributed by atoms with E-state index in [9.17, 15) is 4.79 Å². The van der Waals surface area contributed by atoms with Crippen molar-refractivity contribution in [2.45, 2.75) is 44.8 Å². The maximum atomic E-state index is 11.8. The molecular formula is C13H20N2O2. The van der Waals surface area contributed by atoms with Gasteiger partial charge in [-0.05, 0) is 12.8 Å². The maximum Gasteiger partial charge on any atom is 0.410 e. The summed E-state index contributed by atoms with van der Waals surface area (Å²) in [7, 11) is 0.